The number of alkyl halides is 1. The number of halogens is 1. The fourth-order valence-electron chi connectivity index (χ4n) is 1.68. The van der Waals surface area contributed by atoms with E-state index in [1.165, 1.54) is 0 Å². The van der Waals surface area contributed by atoms with Gasteiger partial charge < -0.3 is 4.74 Å². The quantitative estimate of drug-likeness (QED) is 0.328. The second kappa shape index (κ2) is 9.93. The van der Waals surface area contributed by atoms with Crippen LogP contribution in [-0.4, -0.2) is 16.9 Å². The molecule has 0 saturated carbocycles. The van der Waals surface area contributed by atoms with Crippen molar-refractivity contribution in [3.8, 4) is 0 Å². The summed E-state index contributed by atoms with van der Waals surface area (Å²) in [6, 6.07) is 0. The van der Waals surface area contributed by atoms with Gasteiger partial charge in [-0.05, 0) is 19.3 Å². The van der Waals surface area contributed by atoms with Gasteiger partial charge in [-0.1, -0.05) is 68.8 Å². The summed E-state index contributed by atoms with van der Waals surface area (Å²) in [6.45, 7) is 6.95. The van der Waals surface area contributed by atoms with Crippen LogP contribution >= 0.6 is 15.9 Å². The highest BCUT2D eigenvalue weighted by Gasteiger charge is 2.35. The van der Waals surface area contributed by atoms with Gasteiger partial charge in [0.15, 0.2) is 0 Å². The Bertz CT molecular complexity index is 196. The van der Waals surface area contributed by atoms with Gasteiger partial charge in [-0.3, -0.25) is 4.79 Å². The van der Waals surface area contributed by atoms with Crippen LogP contribution in [0.2, 0.25) is 0 Å². The zero-order valence-corrected chi connectivity index (χ0v) is 13.1. The van der Waals surface area contributed by atoms with Crippen LogP contribution in [0.15, 0.2) is 0 Å². The third-order valence-corrected chi connectivity index (χ3v) is 4.07. The van der Waals surface area contributed by atoms with Crippen molar-refractivity contribution in [3.63, 3.8) is 0 Å². The van der Waals surface area contributed by atoms with E-state index in [0.29, 0.717) is 6.61 Å². The van der Waals surface area contributed by atoms with E-state index in [-0.39, 0.29) is 5.97 Å². The van der Waals surface area contributed by atoms with Crippen molar-refractivity contribution in [2.45, 2.75) is 76.5 Å². The first-order valence-electron chi connectivity index (χ1n) is 6.96. The fraction of sp³-hybridized carbons (Fsp3) is 0.929. The molecular weight excluding hydrogens is 280 g/mol. The number of unbranched alkanes of at least 4 members (excludes halogenated alkanes) is 3. The molecule has 0 fully saturated rings. The van der Waals surface area contributed by atoms with Crippen LogP contribution in [0.3, 0.4) is 0 Å². The second-order valence-electron chi connectivity index (χ2n) is 4.66. The van der Waals surface area contributed by atoms with Crippen molar-refractivity contribution in [2.75, 3.05) is 6.61 Å². The average Bonchev–Trinajstić information content (AvgIpc) is 2.34. The summed E-state index contributed by atoms with van der Waals surface area (Å²) in [5.41, 5.74) is 0. The van der Waals surface area contributed by atoms with Crippen LogP contribution in [0.4, 0.5) is 0 Å². The highest BCUT2D eigenvalue weighted by Crippen LogP contribution is 2.32. The normalized spacial score (nSPS) is 11.5. The summed E-state index contributed by atoms with van der Waals surface area (Å²) in [6.07, 6.45) is 8.14. The van der Waals surface area contributed by atoms with Crippen LogP contribution in [0.5, 0.6) is 0 Å². The first-order chi connectivity index (χ1) is 8.10. The van der Waals surface area contributed by atoms with E-state index in [1.807, 2.05) is 0 Å². The maximum absolute atomic E-state index is 12.1. The Balaban J connectivity index is 4.26. The summed E-state index contributed by atoms with van der Waals surface area (Å²) in [5.74, 6) is -0.0622. The van der Waals surface area contributed by atoms with E-state index in [1.54, 1.807) is 0 Å². The molecule has 17 heavy (non-hydrogen) atoms. The Kier molecular flexibility index (Phi) is 9.90. The maximum atomic E-state index is 12.1. The lowest BCUT2D eigenvalue weighted by Crippen LogP contribution is -2.34. The molecule has 0 aliphatic rings. The lowest BCUT2D eigenvalue weighted by Gasteiger charge is -2.25. The van der Waals surface area contributed by atoms with Gasteiger partial charge in [-0.2, -0.15) is 0 Å². The third-order valence-electron chi connectivity index (χ3n) is 2.95. The van der Waals surface area contributed by atoms with Gasteiger partial charge in [-0.25, -0.2) is 0 Å². The molecule has 0 aromatic rings. The molecule has 0 aromatic heterocycles. The molecule has 3 heteroatoms. The first-order valence-corrected chi connectivity index (χ1v) is 7.76. The van der Waals surface area contributed by atoms with Crippen LogP contribution in [0.1, 0.15) is 72.1 Å². The largest absolute Gasteiger partial charge is 0.465 e. The SMILES string of the molecule is CCCCOC(=O)C(Br)(CCCC)CCCC. The first kappa shape index (κ1) is 16.9. The van der Waals surface area contributed by atoms with Gasteiger partial charge in [-0.15, -0.1) is 0 Å². The van der Waals surface area contributed by atoms with Crippen LogP contribution < -0.4 is 0 Å². The van der Waals surface area contributed by atoms with Crippen LogP contribution in [0, 0.1) is 0 Å². The molecule has 0 unspecified atom stereocenters. The van der Waals surface area contributed by atoms with E-state index in [2.05, 4.69) is 36.7 Å². The topological polar surface area (TPSA) is 26.3 Å². The summed E-state index contributed by atoms with van der Waals surface area (Å²) in [4.78, 5) is 12.1. The molecule has 0 N–H and O–H groups in total. The van der Waals surface area contributed by atoms with Gasteiger partial charge in [0, 0.05) is 0 Å². The predicted octanol–water partition coefficient (Wildman–Crippen LogP) is 4.84. The monoisotopic (exact) mass is 306 g/mol. The number of rotatable bonds is 10. The fourth-order valence-corrected chi connectivity index (χ4v) is 2.36. The summed E-state index contributed by atoms with van der Waals surface area (Å²) >= 11 is 3.63. The standard InChI is InChI=1S/C14H27BrO2/c1-4-7-10-14(15,11-8-5-2)13(16)17-12-9-6-3/h4-12H2,1-3H3. The molecule has 0 spiro atoms. The van der Waals surface area contributed by atoms with Crippen molar-refractivity contribution < 1.29 is 9.53 Å². The minimum absolute atomic E-state index is 0.0622. The van der Waals surface area contributed by atoms with Crippen LogP contribution in [-0.2, 0) is 9.53 Å². The number of carbonyl (C=O) groups is 1. The highest BCUT2D eigenvalue weighted by atomic mass is 79.9. The van der Waals surface area contributed by atoms with Gasteiger partial charge in [0.1, 0.15) is 4.32 Å². The molecule has 0 bridgehead atoms. The lowest BCUT2D eigenvalue weighted by molar-refractivity contribution is -0.147. The average molecular weight is 307 g/mol. The Morgan fingerprint density at radius 3 is 1.88 bits per heavy atom. The Morgan fingerprint density at radius 1 is 1.00 bits per heavy atom. The predicted molar refractivity (Wildman–Crippen MR) is 76.6 cm³/mol. The smallest absolute Gasteiger partial charge is 0.322 e. The van der Waals surface area contributed by atoms with E-state index in [0.717, 1.165) is 51.4 Å². The van der Waals surface area contributed by atoms with Gasteiger partial charge in [0.05, 0.1) is 6.61 Å². The molecule has 0 aliphatic carbocycles. The Labute approximate surface area is 115 Å². The van der Waals surface area contributed by atoms with E-state index >= 15 is 0 Å². The maximum Gasteiger partial charge on any atom is 0.322 e. The Hall–Kier alpha value is -0.0500. The molecule has 0 amide bonds. The molecular formula is C14H27BrO2. The van der Waals surface area contributed by atoms with Crippen molar-refractivity contribution in [1.82, 2.24) is 0 Å². The van der Waals surface area contributed by atoms with Gasteiger partial charge in [0.2, 0.25) is 0 Å². The van der Waals surface area contributed by atoms with Gasteiger partial charge >= 0.3 is 5.97 Å². The van der Waals surface area contributed by atoms with E-state index in [9.17, 15) is 4.79 Å². The minimum Gasteiger partial charge on any atom is -0.465 e. The zero-order valence-electron chi connectivity index (χ0n) is 11.6. The van der Waals surface area contributed by atoms with Crippen molar-refractivity contribution in [1.29, 1.82) is 0 Å². The number of hydrogen-bond acceptors (Lipinski definition) is 2. The molecule has 0 rings (SSSR count). The van der Waals surface area contributed by atoms with Gasteiger partial charge in [0.25, 0.3) is 0 Å². The molecule has 2 nitrogen and oxygen atoms in total. The molecule has 0 aromatic carbocycles. The number of hydrogen-bond donors (Lipinski definition) is 0. The summed E-state index contributed by atoms with van der Waals surface area (Å²) < 4.78 is 4.92. The van der Waals surface area contributed by atoms with E-state index in [4.69, 9.17) is 4.74 Å². The molecule has 0 atom stereocenters. The minimum atomic E-state index is -0.438. The summed E-state index contributed by atoms with van der Waals surface area (Å²) in [7, 11) is 0. The summed E-state index contributed by atoms with van der Waals surface area (Å²) in [5, 5.41) is 0. The molecule has 0 aliphatic heterocycles. The lowest BCUT2D eigenvalue weighted by atomic mass is 9.96. The van der Waals surface area contributed by atoms with Crippen LogP contribution in [0.25, 0.3) is 0 Å². The Morgan fingerprint density at radius 2 is 1.47 bits per heavy atom. The zero-order chi connectivity index (χ0) is 13.1. The van der Waals surface area contributed by atoms with Crippen molar-refractivity contribution in [3.05, 3.63) is 0 Å². The molecule has 0 saturated heterocycles. The van der Waals surface area contributed by atoms with Crippen molar-refractivity contribution >= 4 is 21.9 Å². The molecule has 102 valence electrons. The van der Waals surface area contributed by atoms with E-state index < -0.39 is 4.32 Å². The van der Waals surface area contributed by atoms with Crippen molar-refractivity contribution in [2.24, 2.45) is 0 Å². The number of carbonyl (C=O) groups excluding carboxylic acids is 1. The molecule has 0 radical (unpaired) electrons. The highest BCUT2D eigenvalue weighted by molar-refractivity contribution is 9.10. The second-order valence-corrected chi connectivity index (χ2v) is 6.18. The third kappa shape index (κ3) is 7.07. The number of ether oxygens (including phenoxy) is 1. The molecule has 0 heterocycles. The number of esters is 1.